The summed E-state index contributed by atoms with van der Waals surface area (Å²) in [5.74, 6) is -1.58. The van der Waals surface area contributed by atoms with Crippen LogP contribution in [0.4, 0.5) is 4.39 Å². The van der Waals surface area contributed by atoms with Crippen molar-refractivity contribution in [2.24, 2.45) is 0 Å². The van der Waals surface area contributed by atoms with E-state index < -0.39 is 26.3 Å². The third kappa shape index (κ3) is 5.96. The number of carbonyl (C=O) groups excluding carboxylic acids is 1. The number of halogens is 2. The second-order valence-corrected chi connectivity index (χ2v) is 6.51. The van der Waals surface area contributed by atoms with Gasteiger partial charge in [-0.05, 0) is 18.2 Å². The van der Waals surface area contributed by atoms with E-state index in [1.54, 1.807) is 0 Å². The van der Waals surface area contributed by atoms with Crippen LogP contribution in [0.3, 0.4) is 0 Å². The molecule has 0 aliphatic carbocycles. The molecule has 0 aromatic heterocycles. The molecular formula is C12H15ClFNO5S. The first-order valence-electron chi connectivity index (χ1n) is 5.95. The van der Waals surface area contributed by atoms with Gasteiger partial charge in [0, 0.05) is 24.3 Å². The van der Waals surface area contributed by atoms with Gasteiger partial charge in [-0.25, -0.2) is 12.8 Å². The number of rotatable bonds is 8. The fourth-order valence-corrected chi connectivity index (χ4v) is 2.18. The molecule has 0 aliphatic heterocycles. The van der Waals surface area contributed by atoms with Gasteiger partial charge in [0.2, 0.25) is 0 Å². The third-order valence-corrected chi connectivity index (χ3v) is 3.78. The van der Waals surface area contributed by atoms with E-state index in [4.69, 9.17) is 20.2 Å². The Kier molecular flexibility index (Phi) is 7.03. The summed E-state index contributed by atoms with van der Waals surface area (Å²) in [5.41, 5.74) is -0.395. The first-order chi connectivity index (χ1) is 9.86. The van der Waals surface area contributed by atoms with Crippen LogP contribution in [0.15, 0.2) is 23.1 Å². The number of nitrogens with one attached hydrogen (secondary N) is 1. The number of carbonyl (C=O) groups is 1. The zero-order chi connectivity index (χ0) is 15.9. The lowest BCUT2D eigenvalue weighted by molar-refractivity contribution is 0.0692. The van der Waals surface area contributed by atoms with Crippen molar-refractivity contribution in [3.63, 3.8) is 0 Å². The maximum absolute atomic E-state index is 13.5. The summed E-state index contributed by atoms with van der Waals surface area (Å²) >= 11 is 0. The van der Waals surface area contributed by atoms with E-state index in [-0.39, 0.29) is 18.0 Å². The lowest BCUT2D eigenvalue weighted by Gasteiger charge is -2.08. The van der Waals surface area contributed by atoms with Crippen LogP contribution < -0.4 is 5.32 Å². The summed E-state index contributed by atoms with van der Waals surface area (Å²) in [6.45, 7) is 1.18. The molecule has 0 saturated carbocycles. The summed E-state index contributed by atoms with van der Waals surface area (Å²) in [6.07, 6.45) is 0. The zero-order valence-electron chi connectivity index (χ0n) is 11.3. The predicted molar refractivity (Wildman–Crippen MR) is 74.5 cm³/mol. The predicted octanol–water partition coefficient (Wildman–Crippen LogP) is 1.15. The molecular weight excluding hydrogens is 325 g/mol. The Morgan fingerprint density at radius 2 is 2.05 bits per heavy atom. The van der Waals surface area contributed by atoms with Gasteiger partial charge in [0.15, 0.2) is 0 Å². The Balaban J connectivity index is 2.62. The number of ether oxygens (including phenoxy) is 2. The van der Waals surface area contributed by atoms with E-state index in [1.165, 1.54) is 7.11 Å². The van der Waals surface area contributed by atoms with Crippen molar-refractivity contribution in [2.75, 3.05) is 33.5 Å². The highest BCUT2D eigenvalue weighted by Crippen LogP contribution is 2.18. The molecule has 0 saturated heterocycles. The molecule has 1 amide bonds. The fraction of sp³-hybridized carbons (Fsp3) is 0.417. The quantitative estimate of drug-likeness (QED) is 0.567. The minimum Gasteiger partial charge on any atom is -0.382 e. The number of benzene rings is 1. The van der Waals surface area contributed by atoms with Crippen LogP contribution in [-0.2, 0) is 18.5 Å². The van der Waals surface area contributed by atoms with Crippen LogP contribution >= 0.6 is 10.7 Å². The van der Waals surface area contributed by atoms with Gasteiger partial charge in [-0.2, -0.15) is 0 Å². The Morgan fingerprint density at radius 3 is 2.67 bits per heavy atom. The van der Waals surface area contributed by atoms with Crippen LogP contribution in [-0.4, -0.2) is 47.8 Å². The molecule has 1 N–H and O–H groups in total. The molecule has 9 heteroatoms. The maximum atomic E-state index is 13.5. The normalized spacial score (nSPS) is 11.4. The molecule has 0 heterocycles. The third-order valence-electron chi connectivity index (χ3n) is 2.43. The topological polar surface area (TPSA) is 81.7 Å². The zero-order valence-corrected chi connectivity index (χ0v) is 12.8. The van der Waals surface area contributed by atoms with Crippen LogP contribution in [0, 0.1) is 5.82 Å². The van der Waals surface area contributed by atoms with Crippen LogP contribution in [0.25, 0.3) is 0 Å². The van der Waals surface area contributed by atoms with Crippen molar-refractivity contribution in [3.05, 3.63) is 29.6 Å². The second-order valence-electron chi connectivity index (χ2n) is 3.94. The fourth-order valence-electron chi connectivity index (χ4n) is 1.41. The lowest BCUT2D eigenvalue weighted by atomic mass is 10.2. The first kappa shape index (κ1) is 17.8. The van der Waals surface area contributed by atoms with Gasteiger partial charge < -0.3 is 14.8 Å². The standard InChI is InChI=1S/C12H15ClFNO5S/c1-19-6-7-20-5-4-15-12(16)10-8-9(21(13,17)18)2-3-11(10)14/h2-3,8H,4-7H2,1H3,(H,15,16). The van der Waals surface area contributed by atoms with Crippen molar-refractivity contribution in [1.82, 2.24) is 5.32 Å². The van der Waals surface area contributed by atoms with Gasteiger partial charge in [-0.1, -0.05) is 0 Å². The summed E-state index contributed by atoms with van der Waals surface area (Å²) in [7, 11) is 2.66. The highest BCUT2D eigenvalue weighted by atomic mass is 35.7. The molecule has 0 unspecified atom stereocenters. The van der Waals surface area contributed by atoms with E-state index in [1.807, 2.05) is 0 Å². The number of amides is 1. The van der Waals surface area contributed by atoms with E-state index in [0.29, 0.717) is 13.2 Å². The molecule has 1 aromatic rings. The molecule has 0 aliphatic rings. The number of hydrogen-bond acceptors (Lipinski definition) is 5. The summed E-state index contributed by atoms with van der Waals surface area (Å²) in [6, 6.07) is 2.75. The molecule has 1 aromatic carbocycles. The summed E-state index contributed by atoms with van der Waals surface area (Å²) in [5, 5.41) is 2.41. The molecule has 6 nitrogen and oxygen atoms in total. The van der Waals surface area contributed by atoms with Crippen LogP contribution in [0.5, 0.6) is 0 Å². The van der Waals surface area contributed by atoms with E-state index in [0.717, 1.165) is 18.2 Å². The molecule has 0 fully saturated rings. The first-order valence-corrected chi connectivity index (χ1v) is 8.26. The van der Waals surface area contributed by atoms with Crippen LogP contribution in [0.1, 0.15) is 10.4 Å². The largest absolute Gasteiger partial charge is 0.382 e. The Bertz CT molecular complexity index is 593. The lowest BCUT2D eigenvalue weighted by Crippen LogP contribution is -2.28. The van der Waals surface area contributed by atoms with E-state index in [2.05, 4.69) is 5.32 Å². The molecule has 0 radical (unpaired) electrons. The van der Waals surface area contributed by atoms with Crippen molar-refractivity contribution in [3.8, 4) is 0 Å². The van der Waals surface area contributed by atoms with Crippen molar-refractivity contribution >= 4 is 25.6 Å². The summed E-state index contributed by atoms with van der Waals surface area (Å²) < 4.78 is 45.7. The minimum atomic E-state index is -4.02. The van der Waals surface area contributed by atoms with E-state index >= 15 is 0 Å². The number of hydrogen-bond donors (Lipinski definition) is 1. The van der Waals surface area contributed by atoms with Crippen molar-refractivity contribution in [2.45, 2.75) is 4.90 Å². The average molecular weight is 340 g/mol. The summed E-state index contributed by atoms with van der Waals surface area (Å²) in [4.78, 5) is 11.4. The minimum absolute atomic E-state index is 0.153. The molecule has 0 atom stereocenters. The Labute approximate surface area is 126 Å². The smallest absolute Gasteiger partial charge is 0.261 e. The van der Waals surface area contributed by atoms with Gasteiger partial charge in [-0.15, -0.1) is 0 Å². The van der Waals surface area contributed by atoms with Gasteiger partial charge in [0.05, 0.1) is 30.3 Å². The maximum Gasteiger partial charge on any atom is 0.261 e. The van der Waals surface area contributed by atoms with Crippen molar-refractivity contribution < 1.29 is 27.1 Å². The van der Waals surface area contributed by atoms with Crippen LogP contribution in [0.2, 0.25) is 0 Å². The Morgan fingerprint density at radius 1 is 1.33 bits per heavy atom. The van der Waals surface area contributed by atoms with Crippen molar-refractivity contribution in [1.29, 1.82) is 0 Å². The van der Waals surface area contributed by atoms with E-state index in [9.17, 15) is 17.6 Å². The molecule has 21 heavy (non-hydrogen) atoms. The Hall–Kier alpha value is -1.22. The van der Waals surface area contributed by atoms with Gasteiger partial charge in [0.25, 0.3) is 15.0 Å². The highest BCUT2D eigenvalue weighted by Gasteiger charge is 2.17. The molecule has 0 bridgehead atoms. The molecule has 118 valence electrons. The second kappa shape index (κ2) is 8.28. The number of methoxy groups -OCH3 is 1. The van der Waals surface area contributed by atoms with Gasteiger partial charge in [0.1, 0.15) is 5.82 Å². The average Bonchev–Trinajstić information content (AvgIpc) is 2.41. The molecule has 1 rings (SSSR count). The highest BCUT2D eigenvalue weighted by molar-refractivity contribution is 8.13. The SMILES string of the molecule is COCCOCCNC(=O)c1cc(S(=O)(=O)Cl)ccc1F. The van der Waals surface area contributed by atoms with Gasteiger partial charge >= 0.3 is 0 Å². The monoisotopic (exact) mass is 339 g/mol. The molecule has 0 spiro atoms. The van der Waals surface area contributed by atoms with Gasteiger partial charge in [-0.3, -0.25) is 4.79 Å².